The number of ether oxygens (including phenoxy) is 1. The summed E-state index contributed by atoms with van der Waals surface area (Å²) in [5.41, 5.74) is 0.480. The molecule has 0 radical (unpaired) electrons. The zero-order chi connectivity index (χ0) is 20.2. The molecule has 0 aromatic heterocycles. The molecule has 1 atom stereocenters. The van der Waals surface area contributed by atoms with Gasteiger partial charge in [0, 0.05) is 17.6 Å². The van der Waals surface area contributed by atoms with Gasteiger partial charge in [-0.1, -0.05) is 16.1 Å². The fraction of sp³-hybridized carbons (Fsp3) is 0.222. The normalized spacial score (nSPS) is 12.6. The van der Waals surface area contributed by atoms with E-state index in [4.69, 9.17) is 16.3 Å². The molecule has 2 aromatic carbocycles. The van der Waals surface area contributed by atoms with Crippen molar-refractivity contribution in [3.05, 3.63) is 64.7 Å². The fourth-order valence-electron chi connectivity index (χ4n) is 2.14. The van der Waals surface area contributed by atoms with E-state index in [1.165, 1.54) is 45.3 Å². The highest BCUT2D eigenvalue weighted by Crippen LogP contribution is 2.17. The van der Waals surface area contributed by atoms with Crippen molar-refractivity contribution in [2.75, 3.05) is 14.2 Å². The number of halogens is 1. The van der Waals surface area contributed by atoms with Crippen LogP contribution in [-0.2, 0) is 19.6 Å². The molecule has 7 nitrogen and oxygen atoms in total. The number of ketones is 1. The average molecular weight is 412 g/mol. The maximum atomic E-state index is 12.3. The van der Waals surface area contributed by atoms with Gasteiger partial charge >= 0.3 is 5.97 Å². The van der Waals surface area contributed by atoms with Crippen molar-refractivity contribution in [1.82, 2.24) is 4.47 Å². The monoisotopic (exact) mass is 411 g/mol. The molecule has 0 heterocycles. The molecule has 0 aliphatic rings. The van der Waals surface area contributed by atoms with Crippen molar-refractivity contribution in [2.24, 2.45) is 0 Å². The van der Waals surface area contributed by atoms with Gasteiger partial charge in [0.05, 0.1) is 17.6 Å². The lowest BCUT2D eigenvalue weighted by Gasteiger charge is -2.15. The Morgan fingerprint density at radius 1 is 1.00 bits per heavy atom. The third-order valence-electron chi connectivity index (χ3n) is 3.77. The molecule has 144 valence electrons. The van der Waals surface area contributed by atoms with Crippen LogP contribution in [0, 0.1) is 0 Å². The minimum Gasteiger partial charge on any atom is -0.451 e. The van der Waals surface area contributed by atoms with Gasteiger partial charge in [0.1, 0.15) is 0 Å². The molecule has 9 heteroatoms. The topological polar surface area (TPSA) is 90.0 Å². The predicted octanol–water partition coefficient (Wildman–Crippen LogP) is 2.95. The lowest BCUT2D eigenvalue weighted by molar-refractivity contribution is -0.0258. The Morgan fingerprint density at radius 3 is 2.04 bits per heavy atom. The molecule has 0 spiro atoms. The number of sulfonamides is 1. The number of Topliss-reactive ketones (excluding diaryl/α,β-unsaturated/α-hetero) is 1. The molecule has 0 unspecified atom stereocenters. The number of hydroxylamine groups is 1. The number of hydrogen-bond acceptors (Lipinski definition) is 6. The predicted molar refractivity (Wildman–Crippen MR) is 99.1 cm³/mol. The largest absolute Gasteiger partial charge is 0.451 e. The van der Waals surface area contributed by atoms with Crippen molar-refractivity contribution >= 4 is 33.4 Å². The SMILES string of the molecule is CON(C)S(=O)(=O)c1ccc(C(=O)O[C@@H](C)C(=O)c2ccc(Cl)cc2)cc1. The summed E-state index contributed by atoms with van der Waals surface area (Å²) in [5, 5.41) is 0.491. The highest BCUT2D eigenvalue weighted by Gasteiger charge is 2.23. The zero-order valence-corrected chi connectivity index (χ0v) is 16.5. The number of rotatable bonds is 7. The molecule has 0 saturated heterocycles. The van der Waals surface area contributed by atoms with Crippen molar-refractivity contribution in [3.63, 3.8) is 0 Å². The van der Waals surface area contributed by atoms with Gasteiger partial charge in [-0.25, -0.2) is 13.2 Å². The molecule has 2 rings (SSSR count). The third kappa shape index (κ3) is 4.92. The lowest BCUT2D eigenvalue weighted by atomic mass is 10.1. The highest BCUT2D eigenvalue weighted by molar-refractivity contribution is 7.89. The smallest absolute Gasteiger partial charge is 0.338 e. The number of benzene rings is 2. The van der Waals surface area contributed by atoms with Crippen molar-refractivity contribution in [2.45, 2.75) is 17.9 Å². The molecular formula is C18H18ClNO6S. The Hall–Kier alpha value is -2.26. The molecule has 0 saturated carbocycles. The van der Waals surface area contributed by atoms with Crippen LogP contribution in [0.25, 0.3) is 0 Å². The van der Waals surface area contributed by atoms with Gasteiger partial charge in [-0.2, -0.15) is 0 Å². The van der Waals surface area contributed by atoms with Crippen molar-refractivity contribution in [3.8, 4) is 0 Å². The molecule has 27 heavy (non-hydrogen) atoms. The van der Waals surface area contributed by atoms with Crippen LogP contribution >= 0.6 is 11.6 Å². The van der Waals surface area contributed by atoms with Crippen LogP contribution in [0.15, 0.2) is 53.4 Å². The lowest BCUT2D eigenvalue weighted by Crippen LogP contribution is -2.26. The molecule has 0 bridgehead atoms. The van der Waals surface area contributed by atoms with E-state index in [1.54, 1.807) is 24.3 Å². The minimum atomic E-state index is -3.81. The first-order valence-corrected chi connectivity index (χ1v) is 9.62. The van der Waals surface area contributed by atoms with E-state index in [-0.39, 0.29) is 16.2 Å². The molecule has 0 amide bonds. The Bertz CT molecular complexity index is 925. The first-order valence-electron chi connectivity index (χ1n) is 7.80. The maximum Gasteiger partial charge on any atom is 0.338 e. The molecule has 0 fully saturated rings. The van der Waals surface area contributed by atoms with E-state index in [1.807, 2.05) is 0 Å². The van der Waals surface area contributed by atoms with E-state index in [2.05, 4.69) is 4.84 Å². The first kappa shape index (κ1) is 21.0. The summed E-state index contributed by atoms with van der Waals surface area (Å²) in [6.45, 7) is 1.46. The summed E-state index contributed by atoms with van der Waals surface area (Å²) < 4.78 is 30.1. The van der Waals surface area contributed by atoms with Gasteiger partial charge in [-0.05, 0) is 55.5 Å². The van der Waals surface area contributed by atoms with Crippen molar-refractivity contribution < 1.29 is 27.6 Å². The van der Waals surface area contributed by atoms with Crippen LogP contribution < -0.4 is 0 Å². The Labute approximate surface area is 162 Å². The zero-order valence-electron chi connectivity index (χ0n) is 14.9. The number of hydrogen-bond donors (Lipinski definition) is 0. The summed E-state index contributed by atoms with van der Waals surface area (Å²) in [6, 6.07) is 11.3. The Kier molecular flexibility index (Phi) is 6.72. The van der Waals surface area contributed by atoms with E-state index in [0.29, 0.717) is 15.1 Å². The number of carbonyl (C=O) groups is 2. The summed E-state index contributed by atoms with van der Waals surface area (Å²) in [7, 11) is -1.34. The standard InChI is InChI=1S/C18H18ClNO6S/c1-12(17(21)13-4-8-15(19)9-5-13)26-18(22)14-6-10-16(11-7-14)27(23,24)20(2)25-3/h4-12H,1-3H3/t12-/m0/s1. The van der Waals surface area contributed by atoms with E-state index >= 15 is 0 Å². The molecular weight excluding hydrogens is 394 g/mol. The van der Waals surface area contributed by atoms with Gasteiger partial charge in [-0.15, -0.1) is 0 Å². The third-order valence-corrected chi connectivity index (χ3v) is 5.71. The van der Waals surface area contributed by atoms with Gasteiger partial charge in [0.25, 0.3) is 10.0 Å². The highest BCUT2D eigenvalue weighted by atomic mass is 35.5. The first-order chi connectivity index (χ1) is 12.7. The van der Waals surface area contributed by atoms with E-state index in [9.17, 15) is 18.0 Å². The second-order valence-corrected chi connectivity index (χ2v) is 7.91. The minimum absolute atomic E-state index is 0.0475. The number of esters is 1. The summed E-state index contributed by atoms with van der Waals surface area (Å²) in [5.74, 6) is -1.12. The van der Waals surface area contributed by atoms with E-state index in [0.717, 1.165) is 0 Å². The molecule has 0 N–H and O–H groups in total. The van der Waals surface area contributed by atoms with Crippen LogP contribution in [0.3, 0.4) is 0 Å². The van der Waals surface area contributed by atoms with Crippen LogP contribution in [0.4, 0.5) is 0 Å². The van der Waals surface area contributed by atoms with Crippen LogP contribution in [0.2, 0.25) is 5.02 Å². The van der Waals surface area contributed by atoms with Gasteiger partial charge in [0.2, 0.25) is 5.78 Å². The van der Waals surface area contributed by atoms with Gasteiger partial charge in [-0.3, -0.25) is 9.63 Å². The fourth-order valence-corrected chi connectivity index (χ4v) is 3.24. The van der Waals surface area contributed by atoms with Crippen LogP contribution in [0.5, 0.6) is 0 Å². The molecule has 0 aliphatic carbocycles. The second-order valence-electron chi connectivity index (χ2n) is 5.54. The van der Waals surface area contributed by atoms with Gasteiger partial charge < -0.3 is 4.74 Å². The average Bonchev–Trinajstić information content (AvgIpc) is 2.67. The van der Waals surface area contributed by atoms with E-state index < -0.39 is 22.1 Å². The maximum absolute atomic E-state index is 12.3. The number of nitrogens with zero attached hydrogens (tertiary/aromatic N) is 1. The quantitative estimate of drug-likeness (QED) is 0.395. The second kappa shape index (κ2) is 8.62. The Balaban J connectivity index is 2.09. The summed E-state index contributed by atoms with van der Waals surface area (Å²) >= 11 is 5.78. The van der Waals surface area contributed by atoms with Gasteiger partial charge in [0.15, 0.2) is 6.10 Å². The molecule has 0 aliphatic heterocycles. The number of carbonyl (C=O) groups excluding carboxylic acids is 2. The van der Waals surface area contributed by atoms with Crippen LogP contribution in [0.1, 0.15) is 27.6 Å². The Morgan fingerprint density at radius 2 is 1.52 bits per heavy atom. The van der Waals surface area contributed by atoms with Crippen LogP contribution in [-0.4, -0.2) is 44.9 Å². The van der Waals surface area contributed by atoms with Crippen molar-refractivity contribution in [1.29, 1.82) is 0 Å². The summed E-state index contributed by atoms with van der Waals surface area (Å²) in [4.78, 5) is 29.1. The molecule has 2 aromatic rings. The summed E-state index contributed by atoms with van der Waals surface area (Å²) in [6.07, 6.45) is -1.01.